The fraction of sp³-hybridized carbons (Fsp3) is 0. The molecule has 8 heteroatoms. The molecule has 6 aromatic rings. The third-order valence-electron chi connectivity index (χ3n) is 5.38. The van der Waals surface area contributed by atoms with Crippen molar-refractivity contribution in [2.75, 3.05) is 5.32 Å². The van der Waals surface area contributed by atoms with Crippen molar-refractivity contribution in [3.63, 3.8) is 0 Å². The quantitative estimate of drug-likeness (QED) is 0.293. The predicted molar refractivity (Wildman–Crippen MR) is 137 cm³/mol. The van der Waals surface area contributed by atoms with E-state index in [9.17, 15) is 9.59 Å². The minimum Gasteiger partial charge on any atom is -0.422 e. The second-order valence-electron chi connectivity index (χ2n) is 7.53. The summed E-state index contributed by atoms with van der Waals surface area (Å²) in [4.78, 5) is 36.0. The maximum absolute atomic E-state index is 13.3. The van der Waals surface area contributed by atoms with E-state index in [1.54, 1.807) is 34.9 Å². The number of thiophene rings is 1. The number of aromatic nitrogens is 2. The minimum atomic E-state index is -0.470. The maximum Gasteiger partial charge on any atom is 0.345 e. The Balaban J connectivity index is 1.35. The number of fused-ring (bicyclic) bond motifs is 2. The van der Waals surface area contributed by atoms with Crippen LogP contribution in [0.3, 0.4) is 0 Å². The van der Waals surface area contributed by atoms with Gasteiger partial charge in [0.05, 0.1) is 32.9 Å². The van der Waals surface area contributed by atoms with E-state index in [2.05, 4.69) is 10.3 Å². The van der Waals surface area contributed by atoms with Gasteiger partial charge in [0.1, 0.15) is 5.58 Å². The van der Waals surface area contributed by atoms with Crippen LogP contribution in [0, 0.1) is 0 Å². The van der Waals surface area contributed by atoms with E-state index in [1.807, 2.05) is 60.0 Å². The highest BCUT2D eigenvalue weighted by Crippen LogP contribution is 2.30. The highest BCUT2D eigenvalue weighted by Gasteiger charge is 2.17. The topological polar surface area (TPSA) is 85.1 Å². The van der Waals surface area contributed by atoms with Crippen molar-refractivity contribution in [1.82, 2.24) is 9.97 Å². The van der Waals surface area contributed by atoms with Crippen LogP contribution in [0.2, 0.25) is 0 Å². The van der Waals surface area contributed by atoms with Gasteiger partial charge in [-0.25, -0.2) is 14.8 Å². The monoisotopic (exact) mass is 481 g/mol. The lowest BCUT2D eigenvalue weighted by molar-refractivity contribution is 0.102. The minimum absolute atomic E-state index is 0.289. The molecule has 1 N–H and O–H groups in total. The Morgan fingerprint density at radius 2 is 1.74 bits per heavy atom. The van der Waals surface area contributed by atoms with Gasteiger partial charge >= 0.3 is 5.63 Å². The first kappa shape index (κ1) is 20.5. The molecule has 1 amide bonds. The molecule has 0 bridgehead atoms. The van der Waals surface area contributed by atoms with Crippen molar-refractivity contribution in [3.05, 3.63) is 99.5 Å². The van der Waals surface area contributed by atoms with Crippen LogP contribution in [0.15, 0.2) is 92.8 Å². The summed E-state index contributed by atoms with van der Waals surface area (Å²) in [6.07, 6.45) is 0. The molecule has 0 unspecified atom stereocenters. The zero-order valence-electron chi connectivity index (χ0n) is 17.5. The van der Waals surface area contributed by atoms with E-state index in [0.717, 1.165) is 26.9 Å². The Kier molecular flexibility index (Phi) is 5.01. The molecule has 0 aliphatic carbocycles. The number of pyridine rings is 1. The summed E-state index contributed by atoms with van der Waals surface area (Å²) >= 11 is 2.82. The standard InChI is InChI=1S/C26H15N3O3S2/c30-24(17-13-20(23-10-5-11-33-23)27-19-8-3-2-7-16(17)19)29-26-28-21(14-34-26)18-12-15-6-1-4-9-22(15)32-25(18)31/h1-14H,(H,28,29,30). The normalized spacial score (nSPS) is 11.2. The number of nitrogens with zero attached hydrogens (tertiary/aromatic N) is 2. The van der Waals surface area contributed by atoms with Gasteiger partial charge in [0, 0.05) is 16.2 Å². The van der Waals surface area contributed by atoms with Crippen LogP contribution in [0.1, 0.15) is 10.4 Å². The van der Waals surface area contributed by atoms with Crippen molar-refractivity contribution in [2.24, 2.45) is 0 Å². The van der Waals surface area contributed by atoms with Crippen molar-refractivity contribution >= 4 is 55.6 Å². The van der Waals surface area contributed by atoms with Crippen LogP contribution in [0.25, 0.3) is 43.7 Å². The van der Waals surface area contributed by atoms with Gasteiger partial charge in [-0.15, -0.1) is 22.7 Å². The smallest absolute Gasteiger partial charge is 0.345 e. The molecular formula is C26H15N3O3S2. The highest BCUT2D eigenvalue weighted by atomic mass is 32.1. The van der Waals surface area contributed by atoms with E-state index in [0.29, 0.717) is 27.5 Å². The molecule has 6 nitrogen and oxygen atoms in total. The molecular weight excluding hydrogens is 466 g/mol. The van der Waals surface area contributed by atoms with Crippen LogP contribution in [-0.2, 0) is 0 Å². The van der Waals surface area contributed by atoms with E-state index in [1.165, 1.54) is 11.3 Å². The van der Waals surface area contributed by atoms with Crippen molar-refractivity contribution < 1.29 is 9.21 Å². The summed E-state index contributed by atoms with van der Waals surface area (Å²) in [6.45, 7) is 0. The molecule has 0 radical (unpaired) electrons. The van der Waals surface area contributed by atoms with Gasteiger partial charge in [-0.3, -0.25) is 10.1 Å². The average Bonchev–Trinajstić information content (AvgIpc) is 3.55. The maximum atomic E-state index is 13.3. The Labute approximate surface area is 201 Å². The first-order chi connectivity index (χ1) is 16.7. The summed E-state index contributed by atoms with van der Waals surface area (Å²) < 4.78 is 5.42. The number of carbonyl (C=O) groups is 1. The Hall–Kier alpha value is -4.14. The predicted octanol–water partition coefficient (Wildman–Crippen LogP) is 6.45. The molecule has 34 heavy (non-hydrogen) atoms. The van der Waals surface area contributed by atoms with Gasteiger partial charge in [-0.05, 0) is 35.7 Å². The fourth-order valence-electron chi connectivity index (χ4n) is 3.77. The first-order valence-corrected chi connectivity index (χ1v) is 12.2. The number of anilines is 1. The first-order valence-electron chi connectivity index (χ1n) is 10.4. The van der Waals surface area contributed by atoms with Crippen molar-refractivity contribution in [2.45, 2.75) is 0 Å². The molecule has 0 spiro atoms. The van der Waals surface area contributed by atoms with Crippen LogP contribution >= 0.6 is 22.7 Å². The second-order valence-corrected chi connectivity index (χ2v) is 9.33. The summed E-state index contributed by atoms with van der Waals surface area (Å²) in [5.74, 6) is -0.289. The molecule has 6 rings (SSSR count). The molecule has 0 fully saturated rings. The summed E-state index contributed by atoms with van der Waals surface area (Å²) in [6, 6.07) is 22.4. The summed E-state index contributed by atoms with van der Waals surface area (Å²) in [7, 11) is 0. The Bertz CT molecular complexity index is 1740. The number of thiazole rings is 1. The van der Waals surface area contributed by atoms with Gasteiger partial charge < -0.3 is 4.42 Å². The zero-order chi connectivity index (χ0) is 23.1. The summed E-state index contributed by atoms with van der Waals surface area (Å²) in [5, 5.41) is 8.55. The fourth-order valence-corrected chi connectivity index (χ4v) is 5.17. The molecule has 164 valence electrons. The van der Waals surface area contributed by atoms with Gasteiger partial charge in [0.15, 0.2) is 5.13 Å². The van der Waals surface area contributed by atoms with Crippen LogP contribution in [0.4, 0.5) is 5.13 Å². The van der Waals surface area contributed by atoms with Crippen LogP contribution < -0.4 is 10.9 Å². The molecule has 0 atom stereocenters. The molecule has 0 saturated carbocycles. The highest BCUT2D eigenvalue weighted by molar-refractivity contribution is 7.14. The van der Waals surface area contributed by atoms with Gasteiger partial charge in [0.25, 0.3) is 5.91 Å². The van der Waals surface area contributed by atoms with Crippen molar-refractivity contribution in [3.8, 4) is 21.8 Å². The van der Waals surface area contributed by atoms with Crippen molar-refractivity contribution in [1.29, 1.82) is 0 Å². The lowest BCUT2D eigenvalue weighted by Gasteiger charge is -2.08. The molecule has 2 aromatic carbocycles. The Morgan fingerprint density at radius 3 is 2.62 bits per heavy atom. The molecule has 0 aliphatic rings. The number of nitrogens with one attached hydrogen (secondary N) is 1. The largest absolute Gasteiger partial charge is 0.422 e. The van der Waals surface area contributed by atoms with Gasteiger partial charge in [0.2, 0.25) is 0 Å². The van der Waals surface area contributed by atoms with Crippen LogP contribution in [-0.4, -0.2) is 15.9 Å². The van der Waals surface area contributed by atoms with Gasteiger partial charge in [-0.2, -0.15) is 0 Å². The van der Waals surface area contributed by atoms with E-state index in [4.69, 9.17) is 9.40 Å². The van der Waals surface area contributed by atoms with E-state index >= 15 is 0 Å². The lowest BCUT2D eigenvalue weighted by Crippen LogP contribution is -2.13. The van der Waals surface area contributed by atoms with Gasteiger partial charge in [-0.1, -0.05) is 42.5 Å². The Morgan fingerprint density at radius 1 is 0.882 bits per heavy atom. The molecule has 0 saturated heterocycles. The number of amides is 1. The summed E-state index contributed by atoms with van der Waals surface area (Å²) in [5.41, 5.74) is 2.85. The molecule has 4 heterocycles. The third kappa shape index (κ3) is 3.68. The number of carbonyl (C=O) groups excluding carboxylic acids is 1. The second kappa shape index (κ2) is 8.33. The molecule has 4 aromatic heterocycles. The zero-order valence-corrected chi connectivity index (χ0v) is 19.2. The number of rotatable bonds is 4. The van der Waals surface area contributed by atoms with Crippen LogP contribution in [0.5, 0.6) is 0 Å². The van der Waals surface area contributed by atoms with E-state index in [-0.39, 0.29) is 5.91 Å². The number of hydrogen-bond acceptors (Lipinski definition) is 7. The lowest BCUT2D eigenvalue weighted by atomic mass is 10.1. The molecule has 0 aliphatic heterocycles. The average molecular weight is 482 g/mol. The van der Waals surface area contributed by atoms with E-state index < -0.39 is 5.63 Å². The third-order valence-corrected chi connectivity index (χ3v) is 7.03. The SMILES string of the molecule is O=C(Nc1nc(-c2cc3ccccc3oc2=O)cs1)c1cc(-c2cccs2)nc2ccccc12. The number of para-hydroxylation sites is 2. The number of benzene rings is 2. The number of hydrogen-bond donors (Lipinski definition) is 1.